The number of carboxylic acids is 1. The minimum absolute atomic E-state index is 0.0424. The van der Waals surface area contributed by atoms with E-state index < -0.39 is 5.97 Å². The molecular weight excluding hydrogens is 222 g/mol. The first kappa shape index (κ1) is 15.9. The number of ether oxygens (including phenoxy) is 1. The molecule has 0 fully saturated rings. The molecule has 0 aliphatic carbocycles. The predicted octanol–water partition coefficient (Wildman–Crippen LogP) is 1.42. The van der Waals surface area contributed by atoms with Gasteiger partial charge in [-0.15, -0.1) is 0 Å². The molecule has 5 nitrogen and oxygen atoms in total. The second kappa shape index (κ2) is 8.98. The molecule has 0 saturated heterocycles. The van der Waals surface area contributed by atoms with E-state index in [9.17, 15) is 9.59 Å². The third-order valence-corrected chi connectivity index (χ3v) is 2.37. The lowest BCUT2D eigenvalue weighted by Crippen LogP contribution is -2.40. The lowest BCUT2D eigenvalue weighted by molar-refractivity contribution is -0.138. The first-order chi connectivity index (χ1) is 7.97. The van der Waals surface area contributed by atoms with E-state index in [1.165, 1.54) is 0 Å². The zero-order valence-corrected chi connectivity index (χ0v) is 10.9. The van der Waals surface area contributed by atoms with Crippen molar-refractivity contribution < 1.29 is 19.4 Å². The number of hydrogen-bond acceptors (Lipinski definition) is 3. The van der Waals surface area contributed by atoms with Crippen LogP contribution in [0.15, 0.2) is 0 Å². The standard InChI is InChI=1S/C12H23NO4/c1-4-6-17-7-5-11(14)13-10(9(2)3)8-12(15)16/h9-10H,4-8H2,1-3H3,(H,13,14)(H,15,16). The molecule has 100 valence electrons. The number of rotatable bonds is 9. The number of hydrogen-bond donors (Lipinski definition) is 2. The molecule has 0 rings (SSSR count). The van der Waals surface area contributed by atoms with Crippen LogP contribution in [-0.2, 0) is 14.3 Å². The van der Waals surface area contributed by atoms with Gasteiger partial charge in [-0.1, -0.05) is 20.8 Å². The highest BCUT2D eigenvalue weighted by molar-refractivity contribution is 5.77. The van der Waals surface area contributed by atoms with E-state index in [1.54, 1.807) is 0 Å². The summed E-state index contributed by atoms with van der Waals surface area (Å²) in [5, 5.41) is 11.4. The van der Waals surface area contributed by atoms with Crippen LogP contribution in [0.25, 0.3) is 0 Å². The lowest BCUT2D eigenvalue weighted by atomic mass is 10.0. The maximum Gasteiger partial charge on any atom is 0.305 e. The van der Waals surface area contributed by atoms with E-state index in [-0.39, 0.29) is 30.7 Å². The summed E-state index contributed by atoms with van der Waals surface area (Å²) in [6, 6.07) is -0.314. The molecule has 1 amide bonds. The Morgan fingerprint density at radius 2 is 1.94 bits per heavy atom. The highest BCUT2D eigenvalue weighted by Gasteiger charge is 2.18. The Hall–Kier alpha value is -1.10. The van der Waals surface area contributed by atoms with Crippen molar-refractivity contribution in [1.29, 1.82) is 0 Å². The normalized spacial score (nSPS) is 12.5. The van der Waals surface area contributed by atoms with Gasteiger partial charge in [0.1, 0.15) is 0 Å². The number of carboxylic acid groups (broad SMARTS) is 1. The molecule has 1 atom stereocenters. The Balaban J connectivity index is 3.91. The molecule has 2 N–H and O–H groups in total. The van der Waals surface area contributed by atoms with Crippen LogP contribution < -0.4 is 5.32 Å². The van der Waals surface area contributed by atoms with Gasteiger partial charge >= 0.3 is 5.97 Å². The van der Waals surface area contributed by atoms with Crippen LogP contribution in [0.2, 0.25) is 0 Å². The molecule has 5 heteroatoms. The van der Waals surface area contributed by atoms with Gasteiger partial charge in [0.15, 0.2) is 0 Å². The van der Waals surface area contributed by atoms with Crippen molar-refractivity contribution in [2.24, 2.45) is 5.92 Å². The number of carbonyl (C=O) groups is 2. The largest absolute Gasteiger partial charge is 0.481 e. The highest BCUT2D eigenvalue weighted by Crippen LogP contribution is 2.06. The molecule has 0 bridgehead atoms. The van der Waals surface area contributed by atoms with Crippen molar-refractivity contribution in [1.82, 2.24) is 5.32 Å². The summed E-state index contributed by atoms with van der Waals surface area (Å²) in [6.45, 7) is 6.82. The van der Waals surface area contributed by atoms with Gasteiger partial charge in [0.25, 0.3) is 0 Å². The van der Waals surface area contributed by atoms with Gasteiger partial charge in [-0.25, -0.2) is 0 Å². The number of carbonyl (C=O) groups excluding carboxylic acids is 1. The molecule has 0 saturated carbocycles. The molecule has 0 aromatic rings. The maximum absolute atomic E-state index is 11.5. The van der Waals surface area contributed by atoms with Gasteiger partial charge in [-0.2, -0.15) is 0 Å². The quantitative estimate of drug-likeness (QED) is 0.602. The van der Waals surface area contributed by atoms with Gasteiger partial charge < -0.3 is 15.2 Å². The fourth-order valence-electron chi connectivity index (χ4n) is 1.33. The molecule has 0 aromatic carbocycles. The molecule has 0 aliphatic rings. The summed E-state index contributed by atoms with van der Waals surface area (Å²) >= 11 is 0. The Morgan fingerprint density at radius 1 is 1.29 bits per heavy atom. The van der Waals surface area contributed by atoms with Crippen molar-refractivity contribution in [3.05, 3.63) is 0 Å². The molecule has 1 unspecified atom stereocenters. The maximum atomic E-state index is 11.5. The Bertz CT molecular complexity index is 241. The van der Waals surface area contributed by atoms with Crippen molar-refractivity contribution in [3.63, 3.8) is 0 Å². The van der Waals surface area contributed by atoms with E-state index in [0.29, 0.717) is 13.2 Å². The van der Waals surface area contributed by atoms with Gasteiger partial charge in [0, 0.05) is 19.1 Å². The first-order valence-corrected chi connectivity index (χ1v) is 6.06. The van der Waals surface area contributed by atoms with Gasteiger partial charge in [0.2, 0.25) is 5.91 Å². The van der Waals surface area contributed by atoms with Crippen LogP contribution >= 0.6 is 0 Å². The van der Waals surface area contributed by atoms with Gasteiger partial charge in [-0.05, 0) is 12.3 Å². The van der Waals surface area contributed by atoms with Crippen LogP contribution in [0.3, 0.4) is 0 Å². The molecule has 0 spiro atoms. The lowest BCUT2D eigenvalue weighted by Gasteiger charge is -2.20. The summed E-state index contributed by atoms with van der Waals surface area (Å²) in [5.74, 6) is -0.945. The average Bonchev–Trinajstić information content (AvgIpc) is 2.22. The highest BCUT2D eigenvalue weighted by atomic mass is 16.5. The Kier molecular flexibility index (Phi) is 8.40. The average molecular weight is 245 g/mol. The molecule has 0 aromatic heterocycles. The summed E-state index contributed by atoms with van der Waals surface area (Å²) < 4.78 is 5.20. The van der Waals surface area contributed by atoms with Crippen LogP contribution in [0.5, 0.6) is 0 Å². The van der Waals surface area contributed by atoms with Crippen molar-refractivity contribution >= 4 is 11.9 Å². The fraction of sp³-hybridized carbons (Fsp3) is 0.833. The zero-order valence-electron chi connectivity index (χ0n) is 10.9. The number of aliphatic carboxylic acids is 1. The topological polar surface area (TPSA) is 75.6 Å². The van der Waals surface area contributed by atoms with E-state index in [1.807, 2.05) is 20.8 Å². The summed E-state index contributed by atoms with van der Waals surface area (Å²) in [6.07, 6.45) is 1.16. The number of nitrogens with one attached hydrogen (secondary N) is 1. The van der Waals surface area contributed by atoms with Crippen molar-refractivity contribution in [3.8, 4) is 0 Å². The van der Waals surface area contributed by atoms with Crippen LogP contribution in [0, 0.1) is 5.92 Å². The second-order valence-corrected chi connectivity index (χ2v) is 4.38. The van der Waals surface area contributed by atoms with E-state index in [4.69, 9.17) is 9.84 Å². The molecule has 0 heterocycles. The molecule has 0 radical (unpaired) electrons. The molecule has 17 heavy (non-hydrogen) atoms. The van der Waals surface area contributed by atoms with E-state index in [2.05, 4.69) is 5.32 Å². The third kappa shape index (κ3) is 8.68. The smallest absolute Gasteiger partial charge is 0.305 e. The third-order valence-electron chi connectivity index (χ3n) is 2.37. The minimum Gasteiger partial charge on any atom is -0.481 e. The van der Waals surface area contributed by atoms with Crippen LogP contribution in [0.1, 0.15) is 40.0 Å². The van der Waals surface area contributed by atoms with Gasteiger partial charge in [-0.3, -0.25) is 9.59 Å². The van der Waals surface area contributed by atoms with Crippen molar-refractivity contribution in [2.75, 3.05) is 13.2 Å². The van der Waals surface area contributed by atoms with Gasteiger partial charge in [0.05, 0.1) is 13.0 Å². The molecule has 0 aliphatic heterocycles. The SMILES string of the molecule is CCCOCCC(=O)NC(CC(=O)O)C(C)C. The minimum atomic E-state index is -0.897. The second-order valence-electron chi connectivity index (χ2n) is 4.38. The van der Waals surface area contributed by atoms with E-state index >= 15 is 0 Å². The first-order valence-electron chi connectivity index (χ1n) is 6.06. The summed E-state index contributed by atoms with van der Waals surface area (Å²) in [7, 11) is 0. The number of amides is 1. The molecular formula is C12H23NO4. The predicted molar refractivity (Wildman–Crippen MR) is 64.7 cm³/mol. The van der Waals surface area contributed by atoms with E-state index in [0.717, 1.165) is 6.42 Å². The van der Waals surface area contributed by atoms with Crippen LogP contribution in [-0.4, -0.2) is 36.2 Å². The Labute approximate surface area is 103 Å². The Morgan fingerprint density at radius 3 is 2.41 bits per heavy atom. The van der Waals surface area contributed by atoms with Crippen LogP contribution in [0.4, 0.5) is 0 Å². The fourth-order valence-corrected chi connectivity index (χ4v) is 1.33. The summed E-state index contributed by atoms with van der Waals surface area (Å²) in [4.78, 5) is 22.1. The van der Waals surface area contributed by atoms with Crippen molar-refractivity contribution in [2.45, 2.75) is 46.1 Å². The monoisotopic (exact) mass is 245 g/mol. The zero-order chi connectivity index (χ0) is 13.3. The summed E-state index contributed by atoms with van der Waals surface area (Å²) in [5.41, 5.74) is 0.